The molecule has 0 aromatic heterocycles. The molecule has 2 saturated heterocycles. The Morgan fingerprint density at radius 2 is 1.59 bits per heavy atom. The zero-order chi connectivity index (χ0) is 20.4. The molecule has 6 nitrogen and oxygen atoms in total. The third-order valence-electron chi connectivity index (χ3n) is 5.11. The summed E-state index contributed by atoms with van der Waals surface area (Å²) in [5.41, 5.74) is 2.55. The summed E-state index contributed by atoms with van der Waals surface area (Å²) in [7, 11) is 1.57. The zero-order valence-corrected chi connectivity index (χ0v) is 16.9. The van der Waals surface area contributed by atoms with Crippen molar-refractivity contribution < 1.29 is 14.3 Å². The topological polar surface area (TPSA) is 61.9 Å². The van der Waals surface area contributed by atoms with Crippen molar-refractivity contribution in [1.29, 1.82) is 0 Å². The van der Waals surface area contributed by atoms with Crippen LogP contribution in [0, 0.1) is 0 Å². The third kappa shape index (κ3) is 3.86. The van der Waals surface area contributed by atoms with Crippen LogP contribution in [-0.2, 0) is 9.59 Å². The molecular formula is C22H21N3O3S. The summed E-state index contributed by atoms with van der Waals surface area (Å²) in [4.78, 5) is 29.1. The van der Waals surface area contributed by atoms with E-state index >= 15 is 0 Å². The molecule has 0 bridgehead atoms. The van der Waals surface area contributed by atoms with Gasteiger partial charge in [0.1, 0.15) is 11.3 Å². The Morgan fingerprint density at radius 1 is 0.966 bits per heavy atom. The van der Waals surface area contributed by atoms with Gasteiger partial charge < -0.3 is 9.64 Å². The molecule has 0 spiro atoms. The molecule has 7 heteroatoms. The monoisotopic (exact) mass is 407 g/mol. The highest BCUT2D eigenvalue weighted by Gasteiger charge is 2.34. The van der Waals surface area contributed by atoms with Crippen LogP contribution < -0.4 is 19.9 Å². The molecular weight excluding hydrogens is 386 g/mol. The van der Waals surface area contributed by atoms with E-state index in [-0.39, 0.29) is 10.7 Å². The first-order valence-corrected chi connectivity index (χ1v) is 9.88. The maximum absolute atomic E-state index is 13.1. The van der Waals surface area contributed by atoms with Crippen molar-refractivity contribution in [3.8, 4) is 5.75 Å². The van der Waals surface area contributed by atoms with Gasteiger partial charge in [-0.15, -0.1) is 0 Å². The second-order valence-corrected chi connectivity index (χ2v) is 7.33. The van der Waals surface area contributed by atoms with Gasteiger partial charge in [0.05, 0.1) is 12.8 Å². The summed E-state index contributed by atoms with van der Waals surface area (Å²) < 4.78 is 5.15. The average molecular weight is 407 g/mol. The number of thiocarbonyl (C=S) groups is 1. The van der Waals surface area contributed by atoms with Crippen LogP contribution in [0.5, 0.6) is 5.75 Å². The number of carbonyl (C=O) groups is 2. The van der Waals surface area contributed by atoms with Crippen LogP contribution in [0.15, 0.2) is 54.1 Å². The second-order valence-electron chi connectivity index (χ2n) is 6.94. The molecule has 2 heterocycles. The fourth-order valence-corrected chi connectivity index (χ4v) is 3.83. The molecule has 2 amide bonds. The van der Waals surface area contributed by atoms with Crippen LogP contribution in [-0.4, -0.2) is 37.1 Å². The van der Waals surface area contributed by atoms with Gasteiger partial charge in [-0.05, 0) is 73.1 Å². The highest BCUT2D eigenvalue weighted by Crippen LogP contribution is 2.25. The molecule has 2 aliphatic rings. The number of rotatable bonds is 4. The summed E-state index contributed by atoms with van der Waals surface area (Å²) in [6.07, 6.45) is 4.02. The summed E-state index contributed by atoms with van der Waals surface area (Å²) in [5, 5.41) is 2.66. The van der Waals surface area contributed by atoms with E-state index in [4.69, 9.17) is 17.0 Å². The molecule has 2 fully saturated rings. The van der Waals surface area contributed by atoms with E-state index in [0.717, 1.165) is 24.3 Å². The summed E-state index contributed by atoms with van der Waals surface area (Å²) >= 11 is 5.23. The van der Waals surface area contributed by atoms with Crippen molar-refractivity contribution in [3.63, 3.8) is 0 Å². The van der Waals surface area contributed by atoms with E-state index in [9.17, 15) is 9.59 Å². The molecule has 1 N–H and O–H groups in total. The lowest BCUT2D eigenvalue weighted by Crippen LogP contribution is -2.54. The Kier molecular flexibility index (Phi) is 5.31. The first-order valence-electron chi connectivity index (χ1n) is 9.47. The van der Waals surface area contributed by atoms with Gasteiger partial charge in [-0.25, -0.2) is 0 Å². The zero-order valence-electron chi connectivity index (χ0n) is 16.1. The van der Waals surface area contributed by atoms with Gasteiger partial charge in [0, 0.05) is 18.8 Å². The Bertz CT molecular complexity index is 977. The number of ether oxygens (including phenoxy) is 1. The highest BCUT2D eigenvalue weighted by molar-refractivity contribution is 7.80. The quantitative estimate of drug-likeness (QED) is 0.479. The van der Waals surface area contributed by atoms with Crippen molar-refractivity contribution in [2.45, 2.75) is 12.8 Å². The lowest BCUT2D eigenvalue weighted by molar-refractivity contribution is -0.122. The Balaban J connectivity index is 1.60. The number of nitrogens with one attached hydrogen (secondary N) is 1. The van der Waals surface area contributed by atoms with Crippen molar-refractivity contribution in [1.82, 2.24) is 5.32 Å². The average Bonchev–Trinajstić information content (AvgIpc) is 3.27. The molecule has 2 aliphatic heterocycles. The van der Waals surface area contributed by atoms with E-state index < -0.39 is 11.8 Å². The van der Waals surface area contributed by atoms with E-state index in [1.165, 1.54) is 17.7 Å². The minimum atomic E-state index is -0.492. The highest BCUT2D eigenvalue weighted by atomic mass is 32.1. The molecule has 29 heavy (non-hydrogen) atoms. The number of carbonyl (C=O) groups excluding carboxylic acids is 2. The molecule has 4 rings (SSSR count). The SMILES string of the molecule is COc1ccc(N2C(=O)/C(=C/c3ccc(N4CCCC4)cc3)C(=O)NC2=S)cc1. The fraction of sp³-hybridized carbons (Fsp3) is 0.227. The van der Waals surface area contributed by atoms with Crippen LogP contribution in [0.4, 0.5) is 11.4 Å². The lowest BCUT2D eigenvalue weighted by atomic mass is 10.1. The van der Waals surface area contributed by atoms with Gasteiger partial charge in [0.2, 0.25) is 0 Å². The molecule has 0 radical (unpaired) electrons. The number of benzene rings is 2. The molecule has 2 aromatic rings. The Hall–Kier alpha value is -3.19. The minimum Gasteiger partial charge on any atom is -0.497 e. The van der Waals surface area contributed by atoms with Gasteiger partial charge in [0.15, 0.2) is 5.11 Å². The van der Waals surface area contributed by atoms with Gasteiger partial charge in [-0.3, -0.25) is 19.8 Å². The van der Waals surface area contributed by atoms with Gasteiger partial charge in [0.25, 0.3) is 11.8 Å². The van der Waals surface area contributed by atoms with E-state index in [0.29, 0.717) is 11.4 Å². The molecule has 2 aromatic carbocycles. The fourth-order valence-electron chi connectivity index (χ4n) is 3.55. The van der Waals surface area contributed by atoms with Crippen LogP contribution in [0.1, 0.15) is 18.4 Å². The van der Waals surface area contributed by atoms with Crippen LogP contribution >= 0.6 is 12.2 Å². The third-order valence-corrected chi connectivity index (χ3v) is 5.39. The van der Waals surface area contributed by atoms with E-state index in [1.54, 1.807) is 37.5 Å². The molecule has 0 unspecified atom stereocenters. The van der Waals surface area contributed by atoms with Gasteiger partial charge in [-0.2, -0.15) is 0 Å². The first-order chi connectivity index (χ1) is 14.1. The van der Waals surface area contributed by atoms with Crippen LogP contribution in [0.25, 0.3) is 6.08 Å². The number of anilines is 2. The number of methoxy groups -OCH3 is 1. The predicted octanol–water partition coefficient (Wildman–Crippen LogP) is 3.13. The standard InChI is InChI=1S/C22H21N3O3S/c1-28-18-10-8-17(9-11-18)25-21(27)19(20(26)23-22(25)29)14-15-4-6-16(7-5-15)24-12-2-3-13-24/h4-11,14H,2-3,12-13H2,1H3,(H,23,26,29)/b19-14+. The van der Waals surface area contributed by atoms with Crippen molar-refractivity contribution in [3.05, 3.63) is 59.7 Å². The largest absolute Gasteiger partial charge is 0.497 e. The van der Waals surface area contributed by atoms with Crippen LogP contribution in [0.2, 0.25) is 0 Å². The van der Waals surface area contributed by atoms with E-state index in [1.807, 2.05) is 24.3 Å². The minimum absolute atomic E-state index is 0.0448. The lowest BCUT2D eigenvalue weighted by Gasteiger charge is -2.29. The Labute approximate surface area is 174 Å². The van der Waals surface area contributed by atoms with Gasteiger partial charge in [-0.1, -0.05) is 12.1 Å². The predicted molar refractivity (Wildman–Crippen MR) is 117 cm³/mol. The molecule has 0 saturated carbocycles. The maximum Gasteiger partial charge on any atom is 0.270 e. The van der Waals surface area contributed by atoms with E-state index in [2.05, 4.69) is 10.2 Å². The molecule has 148 valence electrons. The first kappa shape index (κ1) is 19.1. The number of amides is 2. The number of nitrogens with zero attached hydrogens (tertiary/aromatic N) is 2. The summed E-state index contributed by atoms with van der Waals surface area (Å²) in [6.45, 7) is 2.13. The normalized spacial score (nSPS) is 18.4. The van der Waals surface area contributed by atoms with Crippen LogP contribution in [0.3, 0.4) is 0 Å². The Morgan fingerprint density at radius 3 is 2.21 bits per heavy atom. The van der Waals surface area contributed by atoms with Crippen molar-refractivity contribution in [2.75, 3.05) is 30.0 Å². The second kappa shape index (κ2) is 8.05. The molecule has 0 atom stereocenters. The van der Waals surface area contributed by atoms with Crippen molar-refractivity contribution >= 4 is 46.6 Å². The van der Waals surface area contributed by atoms with Gasteiger partial charge >= 0.3 is 0 Å². The smallest absolute Gasteiger partial charge is 0.270 e. The summed E-state index contributed by atoms with van der Waals surface area (Å²) in [6, 6.07) is 14.8. The maximum atomic E-state index is 13.1. The number of hydrogen-bond donors (Lipinski definition) is 1. The van der Waals surface area contributed by atoms with Crippen molar-refractivity contribution in [2.24, 2.45) is 0 Å². The number of hydrogen-bond acceptors (Lipinski definition) is 5. The molecule has 0 aliphatic carbocycles. The summed E-state index contributed by atoms with van der Waals surface area (Å²) in [5.74, 6) is -0.275.